The largest absolute Gasteiger partial charge is 0.306 e. The van der Waals surface area contributed by atoms with E-state index >= 15 is 0 Å². The van der Waals surface area contributed by atoms with Crippen molar-refractivity contribution in [2.45, 2.75) is 13.8 Å². The average molecular weight is 851 g/mol. The molecule has 0 aliphatic carbocycles. The van der Waals surface area contributed by atoms with E-state index in [1.165, 1.54) is 30.9 Å². The molecular formula is C58H34N4S2. The van der Waals surface area contributed by atoms with Crippen molar-refractivity contribution < 1.29 is 0 Å². The van der Waals surface area contributed by atoms with Crippen molar-refractivity contribution >= 4 is 107 Å². The molecule has 0 radical (unpaired) electrons. The number of fused-ring (bicyclic) bond motifs is 14. The van der Waals surface area contributed by atoms with Crippen LogP contribution in [0.3, 0.4) is 0 Å². The molecule has 4 nitrogen and oxygen atoms in total. The molecule has 0 fully saturated rings. The van der Waals surface area contributed by atoms with Gasteiger partial charge in [-0.1, -0.05) is 157 Å². The topological polar surface area (TPSA) is 57.4 Å². The number of hydrogen-bond acceptors (Lipinski definition) is 4. The van der Waals surface area contributed by atoms with Crippen LogP contribution in [0, 0.1) is 36.5 Å². The summed E-state index contributed by atoms with van der Waals surface area (Å²) in [5.41, 5.74) is 11.9. The molecule has 0 amide bonds. The summed E-state index contributed by atoms with van der Waals surface area (Å²) in [6, 6.07) is 65.9. The van der Waals surface area contributed by atoms with Crippen molar-refractivity contribution in [2.24, 2.45) is 0 Å². The van der Waals surface area contributed by atoms with Gasteiger partial charge in [-0.25, -0.2) is 0 Å². The van der Waals surface area contributed by atoms with Gasteiger partial charge in [0, 0.05) is 63.6 Å². The Morgan fingerprint density at radius 1 is 0.375 bits per heavy atom. The molecule has 0 N–H and O–H groups in total. The summed E-state index contributed by atoms with van der Waals surface area (Å²) in [5, 5.41) is 33.1. The monoisotopic (exact) mass is 850 g/mol. The van der Waals surface area contributed by atoms with Crippen molar-refractivity contribution in [3.8, 4) is 45.8 Å². The van der Waals surface area contributed by atoms with Crippen LogP contribution in [-0.2, 0) is 0 Å². The highest BCUT2D eigenvalue weighted by molar-refractivity contribution is 7.27. The van der Waals surface area contributed by atoms with Crippen LogP contribution in [0.2, 0.25) is 0 Å². The summed E-state index contributed by atoms with van der Waals surface area (Å²) >= 11 is 3.58. The summed E-state index contributed by atoms with van der Waals surface area (Å²) in [6.07, 6.45) is 0. The predicted molar refractivity (Wildman–Crippen MR) is 271 cm³/mol. The third kappa shape index (κ3) is 5.01. The van der Waals surface area contributed by atoms with Crippen molar-refractivity contribution in [3.63, 3.8) is 0 Å². The zero-order valence-corrected chi connectivity index (χ0v) is 36.4. The Kier molecular flexibility index (Phi) is 7.87. The third-order valence-corrected chi connectivity index (χ3v) is 15.5. The molecule has 0 spiro atoms. The number of aryl methyl sites for hydroxylation is 2. The molecule has 0 aliphatic heterocycles. The number of aromatic nitrogens is 2. The second-order valence-corrected chi connectivity index (χ2v) is 18.8. The molecule has 0 bridgehead atoms. The minimum atomic E-state index is 0.452. The van der Waals surface area contributed by atoms with Gasteiger partial charge in [-0.15, -0.1) is 22.7 Å². The molecule has 0 aliphatic rings. The number of rotatable bonds is 4. The molecule has 4 aromatic heterocycles. The van der Waals surface area contributed by atoms with Crippen LogP contribution in [0.5, 0.6) is 0 Å². The zero-order chi connectivity index (χ0) is 42.8. The standard InChI is InChI=1S/C58H34N4S2/c1-33-19-23-35(24-20-33)51-45(31-59)53(61-47-15-7-3-11-37(47)41-27-29-43-39-13-5-9-17-49(39)63-57(43)55(41)61)52(36-25-21-34(2)22-26-36)54(46(51)32-60)62-48-16-8-4-12-38(48)42-28-30-44-40-14-6-10-18-50(40)64-58(44)56(42)62/h3-30H,1-2H3. The Hall–Kier alpha value is -8.00. The summed E-state index contributed by atoms with van der Waals surface area (Å²) in [6.45, 7) is 4.17. The number of hydrogen-bond donors (Lipinski definition) is 0. The maximum absolute atomic E-state index is 11.9. The minimum absolute atomic E-state index is 0.452. The first kappa shape index (κ1) is 36.6. The van der Waals surface area contributed by atoms with E-state index in [4.69, 9.17) is 0 Å². The number of nitriles is 2. The van der Waals surface area contributed by atoms with E-state index in [9.17, 15) is 10.5 Å². The number of nitrogens with zero attached hydrogens (tertiary/aromatic N) is 4. The van der Waals surface area contributed by atoms with Crippen molar-refractivity contribution in [2.75, 3.05) is 0 Å². The van der Waals surface area contributed by atoms with Crippen molar-refractivity contribution in [3.05, 3.63) is 192 Å². The maximum atomic E-state index is 11.9. The first-order valence-electron chi connectivity index (χ1n) is 21.4. The van der Waals surface area contributed by atoms with Crippen LogP contribution < -0.4 is 0 Å². The Morgan fingerprint density at radius 3 is 1.19 bits per heavy atom. The highest BCUT2D eigenvalue weighted by atomic mass is 32.1. The molecule has 0 atom stereocenters. The van der Waals surface area contributed by atoms with E-state index in [0.29, 0.717) is 16.7 Å². The van der Waals surface area contributed by atoms with Gasteiger partial charge < -0.3 is 9.13 Å². The molecule has 9 aromatic carbocycles. The highest BCUT2D eigenvalue weighted by Crippen LogP contribution is 2.52. The second kappa shape index (κ2) is 13.8. The lowest BCUT2D eigenvalue weighted by atomic mass is 9.86. The fraction of sp³-hybridized carbons (Fsp3) is 0.0345. The Bertz CT molecular complexity index is 3990. The van der Waals surface area contributed by atoms with Crippen LogP contribution in [0.25, 0.3) is 118 Å². The van der Waals surface area contributed by atoms with Gasteiger partial charge in [0.1, 0.15) is 12.1 Å². The molecule has 0 saturated heterocycles. The fourth-order valence-electron chi connectivity index (χ4n) is 10.3. The van der Waals surface area contributed by atoms with Gasteiger partial charge >= 0.3 is 0 Å². The second-order valence-electron chi connectivity index (χ2n) is 16.7. The third-order valence-electron chi connectivity index (χ3n) is 13.2. The lowest BCUT2D eigenvalue weighted by Crippen LogP contribution is -2.11. The highest BCUT2D eigenvalue weighted by Gasteiger charge is 2.32. The Morgan fingerprint density at radius 2 is 0.750 bits per heavy atom. The van der Waals surface area contributed by atoms with E-state index in [0.717, 1.165) is 92.2 Å². The van der Waals surface area contributed by atoms with Gasteiger partial charge in [-0.2, -0.15) is 10.5 Å². The van der Waals surface area contributed by atoms with Crippen LogP contribution in [0.1, 0.15) is 22.3 Å². The summed E-state index contributed by atoms with van der Waals surface area (Å²) in [4.78, 5) is 0. The normalized spacial score (nSPS) is 11.9. The number of thiophene rings is 2. The van der Waals surface area contributed by atoms with E-state index in [-0.39, 0.29) is 0 Å². The number of benzene rings is 9. The van der Waals surface area contributed by atoms with Crippen LogP contribution in [0.15, 0.2) is 170 Å². The molecule has 0 unspecified atom stereocenters. The first-order valence-corrected chi connectivity index (χ1v) is 23.0. The Balaban J connectivity index is 1.35. The zero-order valence-electron chi connectivity index (χ0n) is 34.8. The van der Waals surface area contributed by atoms with Gasteiger partial charge in [0.15, 0.2) is 0 Å². The van der Waals surface area contributed by atoms with Gasteiger partial charge in [0.25, 0.3) is 0 Å². The summed E-state index contributed by atoms with van der Waals surface area (Å²) < 4.78 is 9.45. The van der Waals surface area contributed by atoms with E-state index in [1.807, 2.05) is 0 Å². The Labute approximate surface area is 375 Å². The summed E-state index contributed by atoms with van der Waals surface area (Å²) in [7, 11) is 0. The molecular weight excluding hydrogens is 817 g/mol. The minimum Gasteiger partial charge on any atom is -0.306 e. The van der Waals surface area contributed by atoms with Gasteiger partial charge in [-0.05, 0) is 49.2 Å². The SMILES string of the molecule is Cc1ccc(-c2c(C#N)c(-n3c4ccccc4c4ccc5c6ccccc6sc5c43)c(-c3ccc(C)cc3)c(-n3c4ccccc4c4ccc5c6ccccc6sc5c43)c2C#N)cc1. The van der Waals surface area contributed by atoms with E-state index in [1.54, 1.807) is 22.7 Å². The van der Waals surface area contributed by atoms with Crippen molar-refractivity contribution in [1.29, 1.82) is 10.5 Å². The number of para-hydroxylation sites is 2. The van der Waals surface area contributed by atoms with Crippen LogP contribution >= 0.6 is 22.7 Å². The fourth-order valence-corrected chi connectivity index (χ4v) is 12.8. The average Bonchev–Trinajstić information content (AvgIpc) is 4.09. The molecule has 64 heavy (non-hydrogen) atoms. The lowest BCUT2D eigenvalue weighted by molar-refractivity contribution is 1.13. The molecule has 13 aromatic rings. The molecule has 0 saturated carbocycles. The van der Waals surface area contributed by atoms with Crippen LogP contribution in [-0.4, -0.2) is 9.13 Å². The van der Waals surface area contributed by atoms with Crippen LogP contribution in [0.4, 0.5) is 0 Å². The molecule has 13 rings (SSSR count). The van der Waals surface area contributed by atoms with Gasteiger partial charge in [0.2, 0.25) is 0 Å². The molecule has 4 heterocycles. The smallest absolute Gasteiger partial charge is 0.102 e. The quantitative estimate of drug-likeness (QED) is 0.177. The molecule has 6 heteroatoms. The van der Waals surface area contributed by atoms with Crippen molar-refractivity contribution in [1.82, 2.24) is 9.13 Å². The molecule has 298 valence electrons. The van der Waals surface area contributed by atoms with Gasteiger partial charge in [0.05, 0.1) is 54.0 Å². The van der Waals surface area contributed by atoms with E-state index < -0.39 is 0 Å². The maximum Gasteiger partial charge on any atom is 0.102 e. The van der Waals surface area contributed by atoms with Gasteiger partial charge in [-0.3, -0.25) is 0 Å². The lowest BCUT2D eigenvalue weighted by Gasteiger charge is -2.25. The first-order chi connectivity index (χ1) is 31.5. The predicted octanol–water partition coefficient (Wildman–Crippen LogP) is 16.3. The summed E-state index contributed by atoms with van der Waals surface area (Å²) in [5.74, 6) is 0. The van der Waals surface area contributed by atoms with E-state index in [2.05, 4.69) is 205 Å².